The fourth-order valence-electron chi connectivity index (χ4n) is 2.06. The van der Waals surface area contributed by atoms with Crippen LogP contribution in [0.1, 0.15) is 10.4 Å². The smallest absolute Gasteiger partial charge is 0.0715 e. The third-order valence-corrected chi connectivity index (χ3v) is 2.98. The van der Waals surface area contributed by atoms with E-state index in [9.17, 15) is 9.90 Å². The van der Waals surface area contributed by atoms with Gasteiger partial charge in [-0.15, -0.1) is 0 Å². The second-order valence-electron chi connectivity index (χ2n) is 4.15. The van der Waals surface area contributed by atoms with E-state index in [-0.39, 0.29) is 5.56 Å². The number of aromatic carboxylic acids is 1. The summed E-state index contributed by atoms with van der Waals surface area (Å²) in [5.74, 6) is -1.15. The Labute approximate surface area is 104 Å². The van der Waals surface area contributed by atoms with Crippen molar-refractivity contribution in [2.24, 2.45) is 0 Å². The minimum Gasteiger partial charge on any atom is -0.545 e. The van der Waals surface area contributed by atoms with Crippen molar-refractivity contribution in [2.45, 2.75) is 0 Å². The quantitative estimate of drug-likeness (QED) is 0.741. The molecule has 0 saturated heterocycles. The van der Waals surface area contributed by atoms with Crippen LogP contribution in [0.4, 0.5) is 0 Å². The van der Waals surface area contributed by atoms with Crippen LogP contribution in [-0.4, -0.2) is 11.0 Å². The standard InChI is InChI=1S/C15H11NO2/c17-15(18)13-3-1-2-10(9-13)11-4-5-14-12(8-11)6-7-16-14/h1-9,16H,(H,17,18)/p-1. The number of benzene rings is 2. The van der Waals surface area contributed by atoms with E-state index in [1.54, 1.807) is 12.1 Å². The summed E-state index contributed by atoms with van der Waals surface area (Å²) in [5.41, 5.74) is 3.13. The maximum Gasteiger partial charge on any atom is 0.0715 e. The topological polar surface area (TPSA) is 55.9 Å². The number of nitrogens with one attached hydrogen (secondary N) is 1. The van der Waals surface area contributed by atoms with Crippen LogP contribution in [0.3, 0.4) is 0 Å². The number of aromatic nitrogens is 1. The fraction of sp³-hybridized carbons (Fsp3) is 0. The first kappa shape index (κ1) is 10.6. The van der Waals surface area contributed by atoms with Crippen molar-refractivity contribution < 1.29 is 9.90 Å². The van der Waals surface area contributed by atoms with Gasteiger partial charge in [0, 0.05) is 11.7 Å². The molecule has 1 N–H and O–H groups in total. The van der Waals surface area contributed by atoms with Crippen LogP contribution in [0.15, 0.2) is 54.7 Å². The zero-order chi connectivity index (χ0) is 12.5. The molecule has 3 nitrogen and oxygen atoms in total. The highest BCUT2D eigenvalue weighted by atomic mass is 16.4. The summed E-state index contributed by atoms with van der Waals surface area (Å²) >= 11 is 0. The highest BCUT2D eigenvalue weighted by molar-refractivity contribution is 5.89. The minimum absolute atomic E-state index is 0.196. The number of rotatable bonds is 2. The molecule has 0 unspecified atom stereocenters. The van der Waals surface area contributed by atoms with Gasteiger partial charge in [-0.25, -0.2) is 0 Å². The summed E-state index contributed by atoms with van der Waals surface area (Å²) in [4.78, 5) is 14.0. The average molecular weight is 236 g/mol. The molecule has 88 valence electrons. The maximum atomic E-state index is 10.8. The summed E-state index contributed by atoms with van der Waals surface area (Å²) in [6.45, 7) is 0. The summed E-state index contributed by atoms with van der Waals surface area (Å²) in [6.07, 6.45) is 1.88. The van der Waals surface area contributed by atoms with E-state index in [1.165, 1.54) is 6.07 Å². The van der Waals surface area contributed by atoms with Crippen LogP contribution >= 0.6 is 0 Å². The van der Waals surface area contributed by atoms with Gasteiger partial charge in [0.15, 0.2) is 0 Å². The van der Waals surface area contributed by atoms with Crippen LogP contribution in [0, 0.1) is 0 Å². The molecule has 0 atom stereocenters. The minimum atomic E-state index is -1.15. The summed E-state index contributed by atoms with van der Waals surface area (Å²) in [6, 6.07) is 14.7. The molecule has 0 spiro atoms. The first-order valence-corrected chi connectivity index (χ1v) is 5.63. The van der Waals surface area contributed by atoms with E-state index in [2.05, 4.69) is 4.98 Å². The Morgan fingerprint density at radius 1 is 1.00 bits per heavy atom. The Bertz CT molecular complexity index is 728. The van der Waals surface area contributed by atoms with Gasteiger partial charge in [0.2, 0.25) is 0 Å². The van der Waals surface area contributed by atoms with Gasteiger partial charge >= 0.3 is 0 Å². The SMILES string of the molecule is O=C([O-])c1cccc(-c2ccc3[nH]ccc3c2)c1. The number of H-pyrrole nitrogens is 1. The second-order valence-corrected chi connectivity index (χ2v) is 4.15. The zero-order valence-corrected chi connectivity index (χ0v) is 9.51. The third-order valence-electron chi connectivity index (χ3n) is 2.98. The first-order valence-electron chi connectivity index (χ1n) is 5.63. The monoisotopic (exact) mass is 236 g/mol. The van der Waals surface area contributed by atoms with E-state index < -0.39 is 5.97 Å². The number of carboxylic acids is 1. The van der Waals surface area contributed by atoms with Crippen molar-refractivity contribution in [3.63, 3.8) is 0 Å². The third kappa shape index (κ3) is 1.76. The van der Waals surface area contributed by atoms with E-state index in [4.69, 9.17) is 0 Å². The highest BCUT2D eigenvalue weighted by Crippen LogP contribution is 2.24. The molecule has 3 aromatic rings. The lowest BCUT2D eigenvalue weighted by Gasteiger charge is -2.06. The number of carbonyl (C=O) groups excluding carboxylic acids is 1. The average Bonchev–Trinajstić information content (AvgIpc) is 2.86. The molecule has 0 aliphatic rings. The van der Waals surface area contributed by atoms with E-state index >= 15 is 0 Å². The Morgan fingerprint density at radius 2 is 1.83 bits per heavy atom. The van der Waals surface area contributed by atoms with E-state index in [0.29, 0.717) is 0 Å². The van der Waals surface area contributed by atoms with Crippen LogP contribution in [0.25, 0.3) is 22.0 Å². The van der Waals surface area contributed by atoms with Crippen molar-refractivity contribution in [3.05, 3.63) is 60.3 Å². The molecule has 0 bridgehead atoms. The van der Waals surface area contributed by atoms with Gasteiger partial charge in [-0.05, 0) is 46.3 Å². The Balaban J connectivity index is 2.13. The van der Waals surface area contributed by atoms with Gasteiger partial charge in [-0.2, -0.15) is 0 Å². The second kappa shape index (κ2) is 4.04. The molecule has 0 aliphatic heterocycles. The molecule has 2 aromatic carbocycles. The van der Waals surface area contributed by atoms with Gasteiger partial charge < -0.3 is 14.9 Å². The molecule has 0 fully saturated rings. The number of carbonyl (C=O) groups is 1. The largest absolute Gasteiger partial charge is 0.545 e. The molecule has 0 radical (unpaired) electrons. The summed E-state index contributed by atoms with van der Waals surface area (Å²) < 4.78 is 0. The van der Waals surface area contributed by atoms with Gasteiger partial charge in [0.1, 0.15) is 0 Å². The molecule has 3 rings (SSSR count). The lowest BCUT2D eigenvalue weighted by Crippen LogP contribution is -2.22. The lowest BCUT2D eigenvalue weighted by atomic mass is 10.0. The van der Waals surface area contributed by atoms with Gasteiger partial charge in [-0.3, -0.25) is 0 Å². The Kier molecular flexibility index (Phi) is 2.38. The molecular weight excluding hydrogens is 226 g/mol. The van der Waals surface area contributed by atoms with Crippen molar-refractivity contribution in [2.75, 3.05) is 0 Å². The van der Waals surface area contributed by atoms with Crippen LogP contribution in [0.5, 0.6) is 0 Å². The van der Waals surface area contributed by atoms with Gasteiger partial charge in [0.05, 0.1) is 5.97 Å². The van der Waals surface area contributed by atoms with Crippen molar-refractivity contribution >= 4 is 16.9 Å². The molecule has 1 aromatic heterocycles. The highest BCUT2D eigenvalue weighted by Gasteiger charge is 2.02. The van der Waals surface area contributed by atoms with Crippen LogP contribution in [-0.2, 0) is 0 Å². The Morgan fingerprint density at radius 3 is 2.67 bits per heavy atom. The van der Waals surface area contributed by atoms with Gasteiger partial charge in [-0.1, -0.05) is 24.3 Å². The fourth-order valence-corrected chi connectivity index (χ4v) is 2.06. The van der Waals surface area contributed by atoms with E-state index in [1.807, 2.05) is 36.5 Å². The van der Waals surface area contributed by atoms with Crippen LogP contribution < -0.4 is 5.11 Å². The first-order chi connectivity index (χ1) is 8.74. The molecule has 1 heterocycles. The molecule has 0 amide bonds. The zero-order valence-electron chi connectivity index (χ0n) is 9.51. The molecule has 3 heteroatoms. The van der Waals surface area contributed by atoms with E-state index in [0.717, 1.165) is 22.0 Å². The maximum absolute atomic E-state index is 10.8. The summed E-state index contributed by atoms with van der Waals surface area (Å²) in [7, 11) is 0. The number of aromatic amines is 1. The van der Waals surface area contributed by atoms with Gasteiger partial charge in [0.25, 0.3) is 0 Å². The molecule has 0 aliphatic carbocycles. The normalized spacial score (nSPS) is 10.7. The molecule has 0 saturated carbocycles. The predicted molar refractivity (Wildman–Crippen MR) is 68.1 cm³/mol. The lowest BCUT2D eigenvalue weighted by molar-refractivity contribution is -0.255. The number of fused-ring (bicyclic) bond motifs is 1. The molecule has 18 heavy (non-hydrogen) atoms. The number of hydrogen-bond acceptors (Lipinski definition) is 2. The van der Waals surface area contributed by atoms with Crippen molar-refractivity contribution in [1.29, 1.82) is 0 Å². The van der Waals surface area contributed by atoms with Crippen molar-refractivity contribution in [1.82, 2.24) is 4.98 Å². The number of hydrogen-bond donors (Lipinski definition) is 1. The predicted octanol–water partition coefficient (Wildman–Crippen LogP) is 2.20. The molecular formula is C15H10NO2-. The Hall–Kier alpha value is -2.55. The van der Waals surface area contributed by atoms with Crippen molar-refractivity contribution in [3.8, 4) is 11.1 Å². The van der Waals surface area contributed by atoms with Crippen LogP contribution in [0.2, 0.25) is 0 Å². The summed E-state index contributed by atoms with van der Waals surface area (Å²) in [5, 5.41) is 11.9. The number of carboxylic acid groups (broad SMARTS) is 1.